The molecule has 0 aliphatic rings. The van der Waals surface area contributed by atoms with Gasteiger partial charge in [-0.2, -0.15) is 0 Å². The van der Waals surface area contributed by atoms with E-state index >= 15 is 0 Å². The van der Waals surface area contributed by atoms with E-state index in [-0.39, 0.29) is 12.0 Å². The zero-order valence-electron chi connectivity index (χ0n) is 12.0. The first-order valence-electron chi connectivity index (χ1n) is 6.49. The van der Waals surface area contributed by atoms with Crippen molar-refractivity contribution in [3.05, 3.63) is 42.0 Å². The van der Waals surface area contributed by atoms with Crippen molar-refractivity contribution in [3.63, 3.8) is 0 Å². The minimum absolute atomic E-state index is 0.0473. The van der Waals surface area contributed by atoms with Crippen LogP contribution in [0.5, 0.6) is 5.75 Å². The maximum atomic E-state index is 11.4. The highest BCUT2D eigenvalue weighted by molar-refractivity contribution is 5.84. The third-order valence-corrected chi connectivity index (χ3v) is 3.42. The minimum Gasteiger partial charge on any atom is -0.497 e. The zero-order valence-corrected chi connectivity index (χ0v) is 12.0. The molecule has 0 spiro atoms. The summed E-state index contributed by atoms with van der Waals surface area (Å²) in [4.78, 5) is 11.4. The van der Waals surface area contributed by atoms with Crippen molar-refractivity contribution in [2.24, 2.45) is 0 Å². The molecule has 2 aromatic rings. The molecule has 1 atom stereocenters. The third kappa shape index (κ3) is 3.08. The molecule has 0 bridgehead atoms. The van der Waals surface area contributed by atoms with Gasteiger partial charge in [0.05, 0.1) is 20.6 Å². The highest BCUT2D eigenvalue weighted by Gasteiger charge is 2.14. The van der Waals surface area contributed by atoms with Gasteiger partial charge in [0.25, 0.3) is 0 Å². The van der Waals surface area contributed by atoms with Crippen LogP contribution in [0, 0.1) is 0 Å². The molecule has 4 nitrogen and oxygen atoms in total. The van der Waals surface area contributed by atoms with Crippen LogP contribution in [0.3, 0.4) is 0 Å². The van der Waals surface area contributed by atoms with Crippen LogP contribution in [-0.2, 0) is 9.53 Å². The first-order chi connectivity index (χ1) is 9.67. The van der Waals surface area contributed by atoms with Gasteiger partial charge in [-0.1, -0.05) is 18.2 Å². The van der Waals surface area contributed by atoms with Crippen LogP contribution in [0.15, 0.2) is 36.4 Å². The predicted octanol–water partition coefficient (Wildman–Crippen LogP) is 2.67. The van der Waals surface area contributed by atoms with E-state index in [0.29, 0.717) is 6.42 Å². The van der Waals surface area contributed by atoms with Crippen molar-refractivity contribution in [1.29, 1.82) is 0 Å². The van der Waals surface area contributed by atoms with E-state index in [1.165, 1.54) is 7.11 Å². The van der Waals surface area contributed by atoms with Gasteiger partial charge in [0.15, 0.2) is 0 Å². The highest BCUT2D eigenvalue weighted by atomic mass is 16.5. The molecule has 0 aromatic heterocycles. The number of hydrogen-bond acceptors (Lipinski definition) is 4. The Hall–Kier alpha value is -2.07. The molecule has 2 aromatic carbocycles. The average Bonchev–Trinajstić information content (AvgIpc) is 2.51. The first-order valence-corrected chi connectivity index (χ1v) is 6.49. The molecule has 0 amide bonds. The second-order valence-electron chi connectivity index (χ2n) is 4.59. The molecule has 1 unspecified atom stereocenters. The SMILES string of the molecule is CNC(CC(=O)OC)c1ccc2cc(OC)ccc2c1. The second kappa shape index (κ2) is 6.39. The number of fused-ring (bicyclic) bond motifs is 1. The van der Waals surface area contributed by atoms with Crippen LogP contribution < -0.4 is 10.1 Å². The van der Waals surface area contributed by atoms with Crippen LogP contribution in [0.4, 0.5) is 0 Å². The maximum Gasteiger partial charge on any atom is 0.307 e. The van der Waals surface area contributed by atoms with Gasteiger partial charge in [0.1, 0.15) is 5.75 Å². The fourth-order valence-electron chi connectivity index (χ4n) is 2.22. The fourth-order valence-corrected chi connectivity index (χ4v) is 2.22. The van der Waals surface area contributed by atoms with E-state index in [1.807, 2.05) is 37.4 Å². The van der Waals surface area contributed by atoms with E-state index < -0.39 is 0 Å². The summed E-state index contributed by atoms with van der Waals surface area (Å²) in [7, 11) is 4.90. The molecule has 4 heteroatoms. The summed E-state index contributed by atoms with van der Waals surface area (Å²) in [5, 5.41) is 5.38. The molecule has 0 aliphatic carbocycles. The van der Waals surface area contributed by atoms with Gasteiger partial charge in [0, 0.05) is 6.04 Å². The maximum absolute atomic E-state index is 11.4. The Morgan fingerprint density at radius 3 is 2.50 bits per heavy atom. The molecule has 20 heavy (non-hydrogen) atoms. The number of hydrogen-bond donors (Lipinski definition) is 1. The van der Waals surface area contributed by atoms with Crippen molar-refractivity contribution >= 4 is 16.7 Å². The molecular weight excluding hydrogens is 254 g/mol. The van der Waals surface area contributed by atoms with Gasteiger partial charge in [-0.15, -0.1) is 0 Å². The Bertz CT molecular complexity index is 610. The van der Waals surface area contributed by atoms with Crippen LogP contribution in [0.25, 0.3) is 10.8 Å². The standard InChI is InChI=1S/C16H19NO3/c1-17-15(10-16(18)20-3)13-5-4-12-9-14(19-2)7-6-11(12)8-13/h4-9,15,17H,10H2,1-3H3. The normalized spacial score (nSPS) is 12.2. The number of benzene rings is 2. The van der Waals surface area contributed by atoms with Crippen molar-refractivity contribution in [2.45, 2.75) is 12.5 Å². The molecule has 0 radical (unpaired) electrons. The molecule has 106 valence electrons. The molecule has 0 aliphatic heterocycles. The van der Waals surface area contributed by atoms with Crippen LogP contribution in [-0.4, -0.2) is 27.2 Å². The summed E-state index contributed by atoms with van der Waals surface area (Å²) >= 11 is 0. The number of nitrogens with one attached hydrogen (secondary N) is 1. The topological polar surface area (TPSA) is 47.6 Å². The highest BCUT2D eigenvalue weighted by Crippen LogP contribution is 2.25. The lowest BCUT2D eigenvalue weighted by Crippen LogP contribution is -2.20. The number of methoxy groups -OCH3 is 2. The summed E-state index contributed by atoms with van der Waals surface area (Å²) in [5.74, 6) is 0.615. The van der Waals surface area contributed by atoms with Crippen LogP contribution in [0.1, 0.15) is 18.0 Å². The largest absolute Gasteiger partial charge is 0.497 e. The number of carbonyl (C=O) groups excluding carboxylic acids is 1. The third-order valence-electron chi connectivity index (χ3n) is 3.42. The van der Waals surface area contributed by atoms with E-state index in [2.05, 4.69) is 11.4 Å². The molecular formula is C16H19NO3. The summed E-state index contributed by atoms with van der Waals surface area (Å²) in [6, 6.07) is 12.0. The summed E-state index contributed by atoms with van der Waals surface area (Å²) in [5.41, 5.74) is 1.07. The molecule has 0 heterocycles. The van der Waals surface area contributed by atoms with E-state index in [4.69, 9.17) is 9.47 Å². The van der Waals surface area contributed by atoms with Gasteiger partial charge >= 0.3 is 5.97 Å². The Balaban J connectivity index is 2.32. The summed E-state index contributed by atoms with van der Waals surface area (Å²) in [6.07, 6.45) is 0.314. The fraction of sp³-hybridized carbons (Fsp3) is 0.312. The van der Waals surface area contributed by atoms with Gasteiger partial charge in [-0.25, -0.2) is 0 Å². The number of rotatable bonds is 5. The lowest BCUT2D eigenvalue weighted by atomic mass is 10.00. The molecule has 0 saturated carbocycles. The van der Waals surface area contributed by atoms with Crippen LogP contribution >= 0.6 is 0 Å². The lowest BCUT2D eigenvalue weighted by Gasteiger charge is -2.16. The van der Waals surface area contributed by atoms with Crippen molar-refractivity contribution in [2.75, 3.05) is 21.3 Å². The Labute approximate surface area is 118 Å². The van der Waals surface area contributed by atoms with Gasteiger partial charge in [-0.3, -0.25) is 4.79 Å². The number of carbonyl (C=O) groups is 1. The van der Waals surface area contributed by atoms with E-state index in [9.17, 15) is 4.79 Å². The quantitative estimate of drug-likeness (QED) is 0.851. The van der Waals surface area contributed by atoms with Crippen LogP contribution in [0.2, 0.25) is 0 Å². The summed E-state index contributed by atoms with van der Waals surface area (Å²) in [6.45, 7) is 0. The number of esters is 1. The zero-order chi connectivity index (χ0) is 14.5. The first kappa shape index (κ1) is 14.3. The van der Waals surface area contributed by atoms with Gasteiger partial charge < -0.3 is 14.8 Å². The van der Waals surface area contributed by atoms with Gasteiger partial charge in [0.2, 0.25) is 0 Å². The molecule has 0 saturated heterocycles. The Kier molecular flexibility index (Phi) is 4.58. The van der Waals surface area contributed by atoms with Crippen molar-refractivity contribution in [3.8, 4) is 5.75 Å². The van der Waals surface area contributed by atoms with Gasteiger partial charge in [-0.05, 0) is 41.6 Å². The Morgan fingerprint density at radius 2 is 1.85 bits per heavy atom. The monoisotopic (exact) mass is 273 g/mol. The molecule has 2 rings (SSSR count). The van der Waals surface area contributed by atoms with Crippen molar-refractivity contribution in [1.82, 2.24) is 5.32 Å². The Morgan fingerprint density at radius 1 is 1.15 bits per heavy atom. The molecule has 1 N–H and O–H groups in total. The number of ether oxygens (including phenoxy) is 2. The second-order valence-corrected chi connectivity index (χ2v) is 4.59. The molecule has 0 fully saturated rings. The lowest BCUT2D eigenvalue weighted by molar-refractivity contribution is -0.141. The van der Waals surface area contributed by atoms with E-state index in [1.54, 1.807) is 7.11 Å². The summed E-state index contributed by atoms with van der Waals surface area (Å²) < 4.78 is 9.94. The minimum atomic E-state index is -0.223. The van der Waals surface area contributed by atoms with Crippen molar-refractivity contribution < 1.29 is 14.3 Å². The average molecular weight is 273 g/mol. The predicted molar refractivity (Wildman–Crippen MR) is 78.9 cm³/mol. The smallest absolute Gasteiger partial charge is 0.307 e. The van der Waals surface area contributed by atoms with E-state index in [0.717, 1.165) is 22.1 Å².